The number of ether oxygens (including phenoxy) is 1. The monoisotopic (exact) mass is 275 g/mol. The van der Waals surface area contributed by atoms with Gasteiger partial charge in [-0.25, -0.2) is 9.97 Å². The van der Waals surface area contributed by atoms with Crippen LogP contribution in [0.15, 0.2) is 22.9 Å². The normalized spacial score (nSPS) is 15.7. The van der Waals surface area contributed by atoms with E-state index < -0.39 is 0 Å². The molecule has 0 N–H and O–H groups in total. The minimum Gasteiger partial charge on any atom is -0.378 e. The van der Waals surface area contributed by atoms with Gasteiger partial charge in [0.15, 0.2) is 0 Å². The van der Waals surface area contributed by atoms with E-state index in [0.29, 0.717) is 0 Å². The molecular formula is C14H17N3OS. The van der Waals surface area contributed by atoms with E-state index in [2.05, 4.69) is 39.7 Å². The van der Waals surface area contributed by atoms with Gasteiger partial charge in [0.1, 0.15) is 0 Å². The number of aryl methyl sites for hydroxylation is 1. The third-order valence-electron chi connectivity index (χ3n) is 3.24. The van der Waals surface area contributed by atoms with Gasteiger partial charge in [-0.2, -0.15) is 11.3 Å². The van der Waals surface area contributed by atoms with Crippen molar-refractivity contribution in [3.63, 3.8) is 0 Å². The fraction of sp³-hybridized carbons (Fsp3) is 0.429. The van der Waals surface area contributed by atoms with Gasteiger partial charge in [-0.3, -0.25) is 0 Å². The van der Waals surface area contributed by atoms with Crippen LogP contribution in [-0.4, -0.2) is 36.3 Å². The third kappa shape index (κ3) is 2.77. The van der Waals surface area contributed by atoms with Crippen LogP contribution >= 0.6 is 11.3 Å². The van der Waals surface area contributed by atoms with Crippen LogP contribution in [0, 0.1) is 0 Å². The van der Waals surface area contributed by atoms with Gasteiger partial charge in [0, 0.05) is 29.7 Å². The molecule has 1 aliphatic rings. The zero-order valence-corrected chi connectivity index (χ0v) is 11.8. The van der Waals surface area contributed by atoms with Gasteiger partial charge >= 0.3 is 0 Å². The summed E-state index contributed by atoms with van der Waals surface area (Å²) in [5.41, 5.74) is 3.30. The average molecular weight is 275 g/mol. The number of hydrogen-bond donors (Lipinski definition) is 0. The van der Waals surface area contributed by atoms with Crippen LogP contribution in [0.4, 0.5) is 5.95 Å². The highest BCUT2D eigenvalue weighted by atomic mass is 32.1. The maximum atomic E-state index is 5.38. The van der Waals surface area contributed by atoms with Crippen molar-refractivity contribution in [1.82, 2.24) is 9.97 Å². The number of nitrogens with zero attached hydrogens (tertiary/aromatic N) is 3. The van der Waals surface area contributed by atoms with Crippen molar-refractivity contribution in [3.05, 3.63) is 28.6 Å². The maximum Gasteiger partial charge on any atom is 0.226 e. The Labute approximate surface area is 117 Å². The van der Waals surface area contributed by atoms with E-state index in [-0.39, 0.29) is 0 Å². The van der Waals surface area contributed by atoms with Crippen molar-refractivity contribution in [3.8, 4) is 11.3 Å². The summed E-state index contributed by atoms with van der Waals surface area (Å²) < 4.78 is 5.38. The summed E-state index contributed by atoms with van der Waals surface area (Å²) in [5, 5.41) is 4.21. The highest BCUT2D eigenvalue weighted by Crippen LogP contribution is 2.23. The first-order chi connectivity index (χ1) is 9.36. The minimum atomic E-state index is 0.757. The van der Waals surface area contributed by atoms with Gasteiger partial charge in [-0.05, 0) is 23.9 Å². The largest absolute Gasteiger partial charge is 0.378 e. The summed E-state index contributed by atoms with van der Waals surface area (Å²) in [7, 11) is 0. The van der Waals surface area contributed by atoms with Crippen LogP contribution in [0.1, 0.15) is 12.6 Å². The summed E-state index contributed by atoms with van der Waals surface area (Å²) in [6.07, 6.45) is 0.928. The van der Waals surface area contributed by atoms with E-state index in [4.69, 9.17) is 9.72 Å². The SMILES string of the molecule is CCc1cc(-c2ccsc2)nc(N2CCOCC2)n1. The predicted octanol–water partition coefficient (Wildman–Crippen LogP) is 2.60. The van der Waals surface area contributed by atoms with Crippen molar-refractivity contribution in [2.75, 3.05) is 31.2 Å². The van der Waals surface area contributed by atoms with Crippen LogP contribution in [0.3, 0.4) is 0 Å². The van der Waals surface area contributed by atoms with Crippen LogP contribution in [0.5, 0.6) is 0 Å². The van der Waals surface area contributed by atoms with Gasteiger partial charge < -0.3 is 9.64 Å². The zero-order valence-electron chi connectivity index (χ0n) is 11.0. The lowest BCUT2D eigenvalue weighted by Crippen LogP contribution is -2.37. The molecule has 0 atom stereocenters. The predicted molar refractivity (Wildman–Crippen MR) is 77.8 cm³/mol. The molecule has 19 heavy (non-hydrogen) atoms. The molecule has 0 aliphatic carbocycles. The summed E-state index contributed by atoms with van der Waals surface area (Å²) in [5.74, 6) is 0.837. The minimum absolute atomic E-state index is 0.757. The lowest BCUT2D eigenvalue weighted by molar-refractivity contribution is 0.122. The van der Waals surface area contributed by atoms with E-state index in [1.165, 1.54) is 5.56 Å². The molecule has 0 aromatic carbocycles. The van der Waals surface area contributed by atoms with Crippen LogP contribution in [-0.2, 0) is 11.2 Å². The summed E-state index contributed by atoms with van der Waals surface area (Å²) in [6.45, 7) is 5.39. The fourth-order valence-electron chi connectivity index (χ4n) is 2.13. The Morgan fingerprint density at radius 1 is 1.32 bits per heavy atom. The van der Waals surface area contributed by atoms with Gasteiger partial charge in [0.05, 0.1) is 18.9 Å². The smallest absolute Gasteiger partial charge is 0.226 e. The van der Waals surface area contributed by atoms with Crippen molar-refractivity contribution in [2.24, 2.45) is 0 Å². The molecule has 100 valence electrons. The van der Waals surface area contributed by atoms with E-state index in [0.717, 1.165) is 50.1 Å². The number of rotatable bonds is 3. The Kier molecular flexibility index (Phi) is 3.75. The van der Waals surface area contributed by atoms with E-state index in [1.807, 2.05) is 0 Å². The Morgan fingerprint density at radius 2 is 2.16 bits per heavy atom. The Bertz CT molecular complexity index is 536. The topological polar surface area (TPSA) is 38.2 Å². The molecular weight excluding hydrogens is 258 g/mol. The first-order valence-corrected chi connectivity index (χ1v) is 7.54. The molecule has 0 spiro atoms. The van der Waals surface area contributed by atoms with Crippen molar-refractivity contribution >= 4 is 17.3 Å². The first kappa shape index (κ1) is 12.6. The molecule has 0 unspecified atom stereocenters. The standard InChI is InChI=1S/C14H17N3OS/c1-2-12-9-13(11-3-8-19-10-11)16-14(15-12)17-4-6-18-7-5-17/h3,8-10H,2,4-7H2,1H3. The highest BCUT2D eigenvalue weighted by molar-refractivity contribution is 7.08. The molecule has 1 saturated heterocycles. The van der Waals surface area contributed by atoms with Crippen LogP contribution in [0.2, 0.25) is 0 Å². The number of thiophene rings is 1. The van der Waals surface area contributed by atoms with Crippen molar-refractivity contribution in [1.29, 1.82) is 0 Å². The third-order valence-corrected chi connectivity index (χ3v) is 3.92. The molecule has 5 heteroatoms. The fourth-order valence-corrected chi connectivity index (χ4v) is 2.78. The van der Waals surface area contributed by atoms with Crippen LogP contribution in [0.25, 0.3) is 11.3 Å². The maximum absolute atomic E-state index is 5.38. The number of hydrogen-bond acceptors (Lipinski definition) is 5. The molecule has 1 fully saturated rings. The summed E-state index contributed by atoms with van der Waals surface area (Å²) in [4.78, 5) is 11.6. The Balaban J connectivity index is 1.97. The lowest BCUT2D eigenvalue weighted by Gasteiger charge is -2.27. The molecule has 0 bridgehead atoms. The molecule has 0 saturated carbocycles. The van der Waals surface area contributed by atoms with Crippen LogP contribution < -0.4 is 4.90 Å². The quantitative estimate of drug-likeness (QED) is 0.863. The molecule has 0 radical (unpaired) electrons. The second kappa shape index (κ2) is 5.67. The van der Waals surface area contributed by atoms with Crippen molar-refractivity contribution in [2.45, 2.75) is 13.3 Å². The van der Waals surface area contributed by atoms with E-state index in [1.54, 1.807) is 11.3 Å². The lowest BCUT2D eigenvalue weighted by atomic mass is 10.2. The van der Waals surface area contributed by atoms with E-state index in [9.17, 15) is 0 Å². The van der Waals surface area contributed by atoms with Gasteiger partial charge in [-0.15, -0.1) is 0 Å². The molecule has 2 aromatic heterocycles. The number of morpholine rings is 1. The number of anilines is 1. The molecule has 0 amide bonds. The van der Waals surface area contributed by atoms with Gasteiger partial charge in [0.25, 0.3) is 0 Å². The van der Waals surface area contributed by atoms with Crippen molar-refractivity contribution < 1.29 is 4.74 Å². The Morgan fingerprint density at radius 3 is 2.84 bits per heavy atom. The molecule has 2 aromatic rings. The Hall–Kier alpha value is -1.46. The van der Waals surface area contributed by atoms with E-state index >= 15 is 0 Å². The molecule has 4 nitrogen and oxygen atoms in total. The first-order valence-electron chi connectivity index (χ1n) is 6.60. The van der Waals surface area contributed by atoms with Gasteiger partial charge in [-0.1, -0.05) is 6.92 Å². The summed E-state index contributed by atoms with van der Waals surface area (Å²) >= 11 is 1.70. The summed E-state index contributed by atoms with van der Waals surface area (Å²) in [6, 6.07) is 4.20. The number of aromatic nitrogens is 2. The molecule has 3 heterocycles. The average Bonchev–Trinajstić information content (AvgIpc) is 3.02. The zero-order chi connectivity index (χ0) is 13.1. The second-order valence-corrected chi connectivity index (χ2v) is 5.29. The highest BCUT2D eigenvalue weighted by Gasteiger charge is 2.15. The second-order valence-electron chi connectivity index (χ2n) is 4.51. The molecule has 1 aliphatic heterocycles. The van der Waals surface area contributed by atoms with Gasteiger partial charge in [0.2, 0.25) is 5.95 Å². The molecule has 3 rings (SSSR count).